The van der Waals surface area contributed by atoms with Gasteiger partial charge in [-0.15, -0.1) is 23.7 Å². The number of thiophene rings is 1. The third kappa shape index (κ3) is 5.58. The first-order chi connectivity index (χ1) is 16.2. The van der Waals surface area contributed by atoms with Crippen LogP contribution in [-0.4, -0.2) is 29.4 Å². The second-order valence-electron chi connectivity index (χ2n) is 8.35. The quantitative estimate of drug-likeness (QED) is 0.254. The Bertz CT molecular complexity index is 1220. The number of halogens is 1. The molecule has 5 nitrogen and oxygen atoms in total. The number of phenols is 2. The van der Waals surface area contributed by atoms with E-state index in [-0.39, 0.29) is 23.9 Å². The van der Waals surface area contributed by atoms with Crippen molar-refractivity contribution in [1.82, 2.24) is 5.32 Å². The SMILES string of the molecule is Cl.Oc1ccc(-c2sc3cc(O)ccc3c2Oc2ccc(OCCC3CCCCN3)cc2)cc1. The number of hydrogen-bond donors (Lipinski definition) is 3. The molecule has 1 aliphatic heterocycles. The van der Waals surface area contributed by atoms with Crippen LogP contribution in [0.4, 0.5) is 0 Å². The molecule has 34 heavy (non-hydrogen) atoms. The van der Waals surface area contributed by atoms with Crippen LogP contribution in [0.3, 0.4) is 0 Å². The molecular formula is C27H28ClNO4S. The van der Waals surface area contributed by atoms with Crippen LogP contribution in [-0.2, 0) is 0 Å². The Hall–Kier alpha value is -2.93. The van der Waals surface area contributed by atoms with Crippen LogP contribution < -0.4 is 14.8 Å². The second-order valence-corrected chi connectivity index (χ2v) is 9.40. The van der Waals surface area contributed by atoms with Crippen molar-refractivity contribution in [3.63, 3.8) is 0 Å². The van der Waals surface area contributed by atoms with Gasteiger partial charge in [-0.2, -0.15) is 0 Å². The summed E-state index contributed by atoms with van der Waals surface area (Å²) >= 11 is 1.55. The fourth-order valence-electron chi connectivity index (χ4n) is 4.18. The van der Waals surface area contributed by atoms with Gasteiger partial charge in [0.15, 0.2) is 5.75 Å². The first-order valence-corrected chi connectivity index (χ1v) is 12.2. The largest absolute Gasteiger partial charge is 0.508 e. The second kappa shape index (κ2) is 11.0. The van der Waals surface area contributed by atoms with Gasteiger partial charge >= 0.3 is 0 Å². The zero-order chi connectivity index (χ0) is 22.6. The van der Waals surface area contributed by atoms with E-state index in [2.05, 4.69) is 5.32 Å². The van der Waals surface area contributed by atoms with Crippen LogP contribution in [0.25, 0.3) is 20.5 Å². The molecule has 2 heterocycles. The third-order valence-corrected chi connectivity index (χ3v) is 7.13. The van der Waals surface area contributed by atoms with E-state index >= 15 is 0 Å². The van der Waals surface area contributed by atoms with Gasteiger partial charge in [-0.1, -0.05) is 6.42 Å². The minimum atomic E-state index is 0. The summed E-state index contributed by atoms with van der Waals surface area (Å²) in [5, 5.41) is 24.1. The monoisotopic (exact) mass is 497 g/mol. The maximum absolute atomic E-state index is 9.93. The van der Waals surface area contributed by atoms with Gasteiger partial charge in [0.1, 0.15) is 23.0 Å². The molecule has 3 aromatic carbocycles. The molecule has 0 amide bonds. The van der Waals surface area contributed by atoms with Gasteiger partial charge in [0.05, 0.1) is 11.5 Å². The molecule has 3 N–H and O–H groups in total. The highest BCUT2D eigenvalue weighted by Crippen LogP contribution is 2.47. The van der Waals surface area contributed by atoms with Crippen LogP contribution in [0.5, 0.6) is 28.7 Å². The molecule has 0 radical (unpaired) electrons. The van der Waals surface area contributed by atoms with Crippen LogP contribution in [0, 0.1) is 0 Å². The van der Waals surface area contributed by atoms with Crippen molar-refractivity contribution < 1.29 is 19.7 Å². The van der Waals surface area contributed by atoms with Crippen LogP contribution in [0.2, 0.25) is 0 Å². The first-order valence-electron chi connectivity index (χ1n) is 11.3. The summed E-state index contributed by atoms with van der Waals surface area (Å²) in [6, 6.07) is 20.6. The molecule has 7 heteroatoms. The minimum absolute atomic E-state index is 0. The number of nitrogens with one attached hydrogen (secondary N) is 1. The molecule has 178 valence electrons. The average Bonchev–Trinajstić information content (AvgIpc) is 3.18. The number of aromatic hydroxyl groups is 2. The van der Waals surface area contributed by atoms with Crippen LogP contribution in [0.1, 0.15) is 25.7 Å². The molecule has 4 aromatic rings. The highest BCUT2D eigenvalue weighted by atomic mass is 35.5. The van der Waals surface area contributed by atoms with E-state index in [1.807, 2.05) is 42.5 Å². The van der Waals surface area contributed by atoms with Crippen molar-refractivity contribution in [1.29, 1.82) is 0 Å². The Morgan fingerprint density at radius 2 is 1.62 bits per heavy atom. The standard InChI is InChI=1S/C27H27NO4S.ClH/c29-20-6-4-18(5-7-20)27-26(24-13-8-21(30)17-25(24)33-27)32-23-11-9-22(10-12-23)31-16-14-19-3-1-2-15-28-19;/h4-13,17,19,28-30H,1-3,14-16H2;1H. The molecule has 1 unspecified atom stereocenters. The Kier molecular flexibility index (Phi) is 7.83. The number of fused-ring (bicyclic) bond motifs is 1. The summed E-state index contributed by atoms with van der Waals surface area (Å²) in [5.41, 5.74) is 0.944. The van der Waals surface area contributed by atoms with E-state index in [0.717, 1.165) is 45.0 Å². The van der Waals surface area contributed by atoms with Gasteiger partial charge in [-0.3, -0.25) is 0 Å². The summed E-state index contributed by atoms with van der Waals surface area (Å²) in [4.78, 5) is 0.941. The number of ether oxygens (including phenoxy) is 2. The van der Waals surface area contributed by atoms with E-state index in [1.54, 1.807) is 35.6 Å². The van der Waals surface area contributed by atoms with Crippen LogP contribution >= 0.6 is 23.7 Å². The van der Waals surface area contributed by atoms with Gasteiger partial charge < -0.3 is 25.0 Å². The molecule has 1 saturated heterocycles. The van der Waals surface area contributed by atoms with Crippen molar-refractivity contribution in [3.8, 4) is 39.2 Å². The lowest BCUT2D eigenvalue weighted by molar-refractivity contribution is 0.268. The van der Waals surface area contributed by atoms with Crippen molar-refractivity contribution in [2.75, 3.05) is 13.2 Å². The lowest BCUT2D eigenvalue weighted by Crippen LogP contribution is -2.35. The molecule has 0 bridgehead atoms. The lowest BCUT2D eigenvalue weighted by Gasteiger charge is -2.23. The predicted molar refractivity (Wildman–Crippen MR) is 140 cm³/mol. The number of benzene rings is 3. The lowest BCUT2D eigenvalue weighted by atomic mass is 10.0. The van der Waals surface area contributed by atoms with Crippen molar-refractivity contribution in [2.24, 2.45) is 0 Å². The molecule has 1 aliphatic rings. The van der Waals surface area contributed by atoms with E-state index in [9.17, 15) is 10.2 Å². The molecular weight excluding hydrogens is 470 g/mol. The number of phenolic OH excluding ortho intramolecular Hbond substituents is 2. The van der Waals surface area contributed by atoms with E-state index in [0.29, 0.717) is 18.4 Å². The van der Waals surface area contributed by atoms with Gasteiger partial charge in [0.25, 0.3) is 0 Å². The molecule has 0 spiro atoms. The molecule has 1 fully saturated rings. The summed E-state index contributed by atoms with van der Waals surface area (Å²) in [6.07, 6.45) is 4.81. The number of piperidine rings is 1. The van der Waals surface area contributed by atoms with Crippen molar-refractivity contribution >= 4 is 33.8 Å². The highest BCUT2D eigenvalue weighted by molar-refractivity contribution is 7.22. The highest BCUT2D eigenvalue weighted by Gasteiger charge is 2.17. The first kappa shape index (κ1) is 24.2. The van der Waals surface area contributed by atoms with Crippen molar-refractivity contribution in [3.05, 3.63) is 66.7 Å². The van der Waals surface area contributed by atoms with E-state index in [4.69, 9.17) is 9.47 Å². The number of rotatable bonds is 7. The molecule has 0 saturated carbocycles. The average molecular weight is 498 g/mol. The van der Waals surface area contributed by atoms with Crippen molar-refractivity contribution in [2.45, 2.75) is 31.7 Å². The summed E-state index contributed by atoms with van der Waals surface area (Å²) < 4.78 is 13.2. The minimum Gasteiger partial charge on any atom is -0.508 e. The van der Waals surface area contributed by atoms with E-state index in [1.165, 1.54) is 19.3 Å². The van der Waals surface area contributed by atoms with Gasteiger partial charge in [0, 0.05) is 16.1 Å². The van der Waals surface area contributed by atoms with Gasteiger partial charge in [-0.05, 0) is 98.1 Å². The maximum atomic E-state index is 9.93. The topological polar surface area (TPSA) is 71.0 Å². The Balaban J connectivity index is 0.00000274. The van der Waals surface area contributed by atoms with E-state index < -0.39 is 0 Å². The fourth-order valence-corrected chi connectivity index (χ4v) is 5.35. The fraction of sp³-hybridized carbons (Fsp3) is 0.259. The molecule has 0 aliphatic carbocycles. The summed E-state index contributed by atoms with van der Waals surface area (Å²) in [7, 11) is 0. The van der Waals surface area contributed by atoms with Gasteiger partial charge in [0.2, 0.25) is 0 Å². The summed E-state index contributed by atoms with van der Waals surface area (Å²) in [5.74, 6) is 2.71. The van der Waals surface area contributed by atoms with Gasteiger partial charge in [-0.25, -0.2) is 0 Å². The summed E-state index contributed by atoms with van der Waals surface area (Å²) in [6.45, 7) is 1.81. The predicted octanol–water partition coefficient (Wildman–Crippen LogP) is 7.10. The normalized spacial score (nSPS) is 15.6. The van der Waals surface area contributed by atoms with Crippen LogP contribution in [0.15, 0.2) is 66.7 Å². The maximum Gasteiger partial charge on any atom is 0.153 e. The molecule has 1 atom stereocenters. The third-order valence-electron chi connectivity index (χ3n) is 5.95. The smallest absolute Gasteiger partial charge is 0.153 e. The number of hydrogen-bond acceptors (Lipinski definition) is 6. The Morgan fingerprint density at radius 1 is 0.882 bits per heavy atom. The Morgan fingerprint density at radius 3 is 2.35 bits per heavy atom. The molecule has 1 aromatic heterocycles. The molecule has 5 rings (SSSR count). The zero-order valence-corrected chi connectivity index (χ0v) is 20.3. The zero-order valence-electron chi connectivity index (χ0n) is 18.7. The Labute approximate surface area is 209 Å².